The molecule has 0 bridgehead atoms. The highest BCUT2D eigenvalue weighted by Gasteiger charge is 2.20. The highest BCUT2D eigenvalue weighted by Crippen LogP contribution is 2.20. The summed E-state index contributed by atoms with van der Waals surface area (Å²) in [4.78, 5) is 11.9. The Balaban J connectivity index is 2.79. The van der Waals surface area contributed by atoms with Gasteiger partial charge in [0.1, 0.15) is 5.60 Å². The zero-order valence-corrected chi connectivity index (χ0v) is 13.4. The molecule has 4 nitrogen and oxygen atoms in total. The number of alkyl carbamates (subject to hydrolysis) is 1. The molecule has 0 radical (unpaired) electrons. The number of benzene rings is 1. The fourth-order valence-corrected chi connectivity index (χ4v) is 2.00. The second-order valence-electron chi connectivity index (χ2n) is 5.76. The molecule has 114 valence electrons. The van der Waals surface area contributed by atoms with E-state index in [1.165, 1.54) is 0 Å². The molecule has 1 aromatic carbocycles. The normalized spacial score (nSPS) is 12.3. The number of hydrogen-bond donors (Lipinski definition) is 1. The maximum atomic E-state index is 11.9. The first-order valence-corrected chi connectivity index (χ1v) is 7.44. The Labute approximate surface area is 131 Å². The topological polar surface area (TPSA) is 62.1 Å². The van der Waals surface area contributed by atoms with Crippen LogP contribution in [0.2, 0.25) is 0 Å². The number of amides is 1. The summed E-state index contributed by atoms with van der Waals surface area (Å²) < 4.78 is 5.28. The van der Waals surface area contributed by atoms with Gasteiger partial charge in [-0.1, -0.05) is 12.1 Å². The number of nitrogens with one attached hydrogen (secondary N) is 1. The second kappa shape index (κ2) is 7.90. The Bertz CT molecular complexity index is 500. The average Bonchev–Trinajstić information content (AvgIpc) is 2.41. The van der Waals surface area contributed by atoms with Gasteiger partial charge in [0.2, 0.25) is 0 Å². The van der Waals surface area contributed by atoms with Crippen LogP contribution in [0, 0.1) is 11.3 Å². The van der Waals surface area contributed by atoms with Crippen molar-refractivity contribution < 1.29 is 9.53 Å². The number of nitrogens with zero attached hydrogens (tertiary/aromatic N) is 1. The summed E-state index contributed by atoms with van der Waals surface area (Å²) in [5.74, 6) is 0.531. The minimum Gasteiger partial charge on any atom is -0.444 e. The van der Waals surface area contributed by atoms with Crippen LogP contribution in [0.1, 0.15) is 50.8 Å². The van der Waals surface area contributed by atoms with Crippen LogP contribution in [0.25, 0.3) is 0 Å². The van der Waals surface area contributed by atoms with Gasteiger partial charge < -0.3 is 10.1 Å². The van der Waals surface area contributed by atoms with Crippen molar-refractivity contribution in [2.75, 3.05) is 5.88 Å². The highest BCUT2D eigenvalue weighted by molar-refractivity contribution is 6.17. The number of nitriles is 1. The third-order valence-corrected chi connectivity index (χ3v) is 3.03. The van der Waals surface area contributed by atoms with E-state index in [4.69, 9.17) is 21.6 Å². The van der Waals surface area contributed by atoms with Crippen molar-refractivity contribution in [2.24, 2.45) is 0 Å². The van der Waals surface area contributed by atoms with E-state index in [9.17, 15) is 4.79 Å². The lowest BCUT2D eigenvalue weighted by molar-refractivity contribution is 0.0501. The standard InChI is InChI=1S/C16H21ClN2O2/c1-16(2,3)21-15(20)19-14(5-4-10-17)13-8-6-12(11-18)7-9-13/h6-9,14H,4-5,10H2,1-3H3,(H,19,20). The first-order valence-electron chi connectivity index (χ1n) is 6.91. The number of hydrogen-bond acceptors (Lipinski definition) is 3. The van der Waals surface area contributed by atoms with Crippen LogP contribution in [0.15, 0.2) is 24.3 Å². The minimum absolute atomic E-state index is 0.175. The van der Waals surface area contributed by atoms with Gasteiger partial charge in [0.15, 0.2) is 0 Å². The third kappa shape index (κ3) is 6.50. The van der Waals surface area contributed by atoms with Crippen molar-refractivity contribution in [1.29, 1.82) is 5.26 Å². The molecule has 0 fully saturated rings. The van der Waals surface area contributed by atoms with Crippen LogP contribution in [0.5, 0.6) is 0 Å². The fraction of sp³-hybridized carbons (Fsp3) is 0.500. The first kappa shape index (κ1) is 17.3. The molecule has 0 spiro atoms. The number of rotatable bonds is 5. The van der Waals surface area contributed by atoms with Gasteiger partial charge in [0, 0.05) is 5.88 Å². The van der Waals surface area contributed by atoms with Gasteiger partial charge in [0.25, 0.3) is 0 Å². The van der Waals surface area contributed by atoms with Gasteiger partial charge in [-0.25, -0.2) is 4.79 Å². The molecule has 0 heterocycles. The minimum atomic E-state index is -0.536. The van der Waals surface area contributed by atoms with Crippen molar-refractivity contribution in [3.05, 3.63) is 35.4 Å². The zero-order valence-electron chi connectivity index (χ0n) is 12.6. The molecule has 0 aliphatic rings. The van der Waals surface area contributed by atoms with Gasteiger partial charge in [-0.15, -0.1) is 11.6 Å². The van der Waals surface area contributed by atoms with E-state index in [2.05, 4.69) is 11.4 Å². The Hall–Kier alpha value is -1.73. The number of ether oxygens (including phenoxy) is 1. The molecule has 0 saturated carbocycles. The molecule has 1 N–H and O–H groups in total. The smallest absolute Gasteiger partial charge is 0.408 e. The SMILES string of the molecule is CC(C)(C)OC(=O)NC(CCCCl)c1ccc(C#N)cc1. The van der Waals surface area contributed by atoms with Crippen molar-refractivity contribution in [3.63, 3.8) is 0 Å². The average molecular weight is 309 g/mol. The van der Waals surface area contributed by atoms with E-state index in [1.807, 2.05) is 32.9 Å². The van der Waals surface area contributed by atoms with Crippen molar-refractivity contribution in [1.82, 2.24) is 5.32 Å². The molecular formula is C16H21ClN2O2. The van der Waals surface area contributed by atoms with Crippen LogP contribution in [0.4, 0.5) is 4.79 Å². The van der Waals surface area contributed by atoms with Crippen LogP contribution >= 0.6 is 11.6 Å². The largest absolute Gasteiger partial charge is 0.444 e. The number of alkyl halides is 1. The summed E-state index contributed by atoms with van der Waals surface area (Å²) in [5, 5.41) is 11.7. The Morgan fingerprint density at radius 3 is 2.48 bits per heavy atom. The fourth-order valence-electron chi connectivity index (χ4n) is 1.84. The van der Waals surface area contributed by atoms with E-state index in [0.717, 1.165) is 12.0 Å². The van der Waals surface area contributed by atoms with Crippen molar-refractivity contribution in [2.45, 2.75) is 45.3 Å². The monoisotopic (exact) mass is 308 g/mol. The van der Waals surface area contributed by atoms with Gasteiger partial charge in [-0.2, -0.15) is 5.26 Å². The van der Waals surface area contributed by atoms with Crippen LogP contribution in [-0.4, -0.2) is 17.6 Å². The van der Waals surface area contributed by atoms with Crippen molar-refractivity contribution in [3.8, 4) is 6.07 Å². The lowest BCUT2D eigenvalue weighted by Crippen LogP contribution is -2.35. The van der Waals surface area contributed by atoms with E-state index >= 15 is 0 Å². The summed E-state index contributed by atoms with van der Waals surface area (Å²) in [6, 6.07) is 9.06. The molecular weight excluding hydrogens is 288 g/mol. The molecule has 0 aromatic heterocycles. The third-order valence-electron chi connectivity index (χ3n) is 2.76. The Morgan fingerprint density at radius 1 is 1.38 bits per heavy atom. The number of carbonyl (C=O) groups excluding carboxylic acids is 1. The van der Waals surface area contributed by atoms with Crippen LogP contribution in [0.3, 0.4) is 0 Å². The molecule has 1 aromatic rings. The maximum Gasteiger partial charge on any atom is 0.408 e. The van der Waals surface area contributed by atoms with Gasteiger partial charge in [-0.05, 0) is 51.3 Å². The molecule has 0 aliphatic carbocycles. The van der Waals surface area contributed by atoms with E-state index in [-0.39, 0.29) is 6.04 Å². The molecule has 0 saturated heterocycles. The number of halogens is 1. The summed E-state index contributed by atoms with van der Waals surface area (Å²) in [7, 11) is 0. The summed E-state index contributed by atoms with van der Waals surface area (Å²) in [6.45, 7) is 5.46. The van der Waals surface area contributed by atoms with E-state index < -0.39 is 11.7 Å². The first-order chi connectivity index (χ1) is 9.85. The molecule has 1 rings (SSSR count). The summed E-state index contributed by atoms with van der Waals surface area (Å²) >= 11 is 5.74. The molecule has 21 heavy (non-hydrogen) atoms. The predicted octanol–water partition coefficient (Wildman–Crippen LogP) is 4.14. The quantitative estimate of drug-likeness (QED) is 0.831. The molecule has 5 heteroatoms. The lowest BCUT2D eigenvalue weighted by Gasteiger charge is -2.24. The van der Waals surface area contributed by atoms with Gasteiger partial charge in [-0.3, -0.25) is 0 Å². The van der Waals surface area contributed by atoms with E-state index in [1.54, 1.807) is 12.1 Å². The summed E-state index contributed by atoms with van der Waals surface area (Å²) in [6.07, 6.45) is 1.04. The Morgan fingerprint density at radius 2 is 2.00 bits per heavy atom. The second-order valence-corrected chi connectivity index (χ2v) is 6.14. The Kier molecular flexibility index (Phi) is 6.51. The number of carbonyl (C=O) groups is 1. The van der Waals surface area contributed by atoms with Gasteiger partial charge in [0.05, 0.1) is 17.7 Å². The molecule has 1 amide bonds. The maximum absolute atomic E-state index is 11.9. The molecule has 1 atom stereocenters. The van der Waals surface area contributed by atoms with Crippen molar-refractivity contribution >= 4 is 17.7 Å². The lowest BCUT2D eigenvalue weighted by atomic mass is 10.0. The van der Waals surface area contributed by atoms with Crippen LogP contribution < -0.4 is 5.32 Å². The highest BCUT2D eigenvalue weighted by atomic mass is 35.5. The predicted molar refractivity (Wildman–Crippen MR) is 83.2 cm³/mol. The van der Waals surface area contributed by atoms with Crippen LogP contribution in [-0.2, 0) is 4.74 Å². The zero-order chi connectivity index (χ0) is 15.9. The summed E-state index contributed by atoms with van der Waals surface area (Å²) in [5.41, 5.74) is 0.989. The molecule has 1 unspecified atom stereocenters. The van der Waals surface area contributed by atoms with Gasteiger partial charge >= 0.3 is 6.09 Å². The van der Waals surface area contributed by atoms with E-state index in [0.29, 0.717) is 17.9 Å². The molecule has 0 aliphatic heterocycles.